The number of aliphatic hydroxyl groups excluding tert-OH is 1. The number of nitrogens with one attached hydrogen (secondary N) is 1. The molecule has 0 unspecified atom stereocenters. The maximum atomic E-state index is 13.2. The van der Waals surface area contributed by atoms with Gasteiger partial charge in [-0.15, -0.1) is 0 Å². The highest BCUT2D eigenvalue weighted by molar-refractivity contribution is 6.84. The van der Waals surface area contributed by atoms with Gasteiger partial charge in [-0.1, -0.05) is 85.7 Å². The number of aliphatic hydroxyl groups is 2. The summed E-state index contributed by atoms with van der Waals surface area (Å²) >= 11 is 0. The summed E-state index contributed by atoms with van der Waals surface area (Å²) in [5.41, 5.74) is 1.85. The van der Waals surface area contributed by atoms with Gasteiger partial charge in [0.25, 0.3) is 0 Å². The van der Waals surface area contributed by atoms with Crippen LogP contribution in [0.1, 0.15) is 73.8 Å². The first-order chi connectivity index (χ1) is 18.8. The molecule has 0 radical (unpaired) electrons. The molecule has 40 heavy (non-hydrogen) atoms. The Morgan fingerprint density at radius 3 is 2.10 bits per heavy atom. The zero-order chi connectivity index (χ0) is 29.9. The molecule has 0 spiro atoms. The van der Waals surface area contributed by atoms with Crippen molar-refractivity contribution in [3.8, 4) is 6.07 Å². The standard InChI is InChI=1S/C29H48N2O7Si2/c1-19(2)39(20(3)4)36-27-25(14-26(33)31-35-17-23-12-10-9-11-13-23)24(16-30)15-29(34,18-32)28(27)37-40(38-39,21(5)6)22(7)8/h9-13,19-22,24-25,27-28,32,34H,14-15,17-18H2,1-8H3,(H,31,33)/t24-,25-,27-,28-,29+/m0/s1. The molecule has 1 heterocycles. The van der Waals surface area contributed by atoms with Crippen molar-refractivity contribution in [2.45, 2.75) is 115 Å². The van der Waals surface area contributed by atoms with Crippen molar-refractivity contribution in [3.05, 3.63) is 35.9 Å². The van der Waals surface area contributed by atoms with E-state index in [4.69, 9.17) is 17.8 Å². The normalized spacial score (nSPS) is 29.7. The van der Waals surface area contributed by atoms with Crippen LogP contribution in [0.5, 0.6) is 0 Å². The second-order valence-corrected chi connectivity index (χ2v) is 21.4. The molecule has 11 heteroatoms. The lowest BCUT2D eigenvalue weighted by Gasteiger charge is -2.50. The number of carbonyl (C=O) groups is 1. The van der Waals surface area contributed by atoms with Crippen LogP contribution in [-0.4, -0.2) is 57.7 Å². The molecule has 1 saturated heterocycles. The van der Waals surface area contributed by atoms with E-state index in [2.05, 4.69) is 66.9 Å². The van der Waals surface area contributed by atoms with E-state index in [1.807, 2.05) is 30.3 Å². The van der Waals surface area contributed by atoms with Crippen LogP contribution in [0.4, 0.5) is 0 Å². The van der Waals surface area contributed by atoms with Crippen molar-refractivity contribution < 1.29 is 32.8 Å². The summed E-state index contributed by atoms with van der Waals surface area (Å²) in [6, 6.07) is 11.8. The Hall–Kier alpha value is -1.63. The van der Waals surface area contributed by atoms with Gasteiger partial charge in [-0.05, 0) is 34.1 Å². The molecule has 2 fully saturated rings. The summed E-state index contributed by atoms with van der Waals surface area (Å²) < 4.78 is 21.3. The molecule has 1 saturated carbocycles. The van der Waals surface area contributed by atoms with Gasteiger partial charge in [0, 0.05) is 12.3 Å². The highest BCUT2D eigenvalue weighted by Crippen LogP contribution is 2.53. The summed E-state index contributed by atoms with van der Waals surface area (Å²) in [4.78, 5) is 18.6. The number of hydrogen-bond acceptors (Lipinski definition) is 8. The second-order valence-electron chi connectivity index (χ2n) is 12.7. The smallest absolute Gasteiger partial charge is 0.335 e. The third kappa shape index (κ3) is 6.39. The summed E-state index contributed by atoms with van der Waals surface area (Å²) in [7, 11) is -6.13. The van der Waals surface area contributed by atoms with Gasteiger partial charge < -0.3 is 23.2 Å². The van der Waals surface area contributed by atoms with Crippen molar-refractivity contribution in [1.82, 2.24) is 5.48 Å². The Labute approximate surface area is 241 Å². The monoisotopic (exact) mass is 592 g/mol. The van der Waals surface area contributed by atoms with Gasteiger partial charge in [0.2, 0.25) is 5.91 Å². The number of carbonyl (C=O) groups excluding carboxylic acids is 1. The van der Waals surface area contributed by atoms with Crippen molar-refractivity contribution in [3.63, 3.8) is 0 Å². The van der Waals surface area contributed by atoms with Crippen LogP contribution in [0.25, 0.3) is 0 Å². The Balaban J connectivity index is 2.03. The van der Waals surface area contributed by atoms with E-state index in [0.29, 0.717) is 0 Å². The lowest BCUT2D eigenvalue weighted by molar-refractivity contribution is -0.184. The average molecular weight is 593 g/mol. The maximum absolute atomic E-state index is 13.2. The van der Waals surface area contributed by atoms with E-state index >= 15 is 0 Å². The SMILES string of the molecule is CC(C)[Si]1(C(C)C)O[C@H]2[C@@H](CC(=O)NOCc3ccccc3)[C@H](C#N)C[C@@](O)(CO)[C@H]2O[Si](C(C)C)(C(C)C)O1. The van der Waals surface area contributed by atoms with E-state index in [1.165, 1.54) is 0 Å². The molecule has 1 amide bonds. The van der Waals surface area contributed by atoms with Gasteiger partial charge >= 0.3 is 17.1 Å². The number of benzene rings is 1. The largest absolute Gasteiger partial charge is 0.414 e. The quantitative estimate of drug-likeness (QED) is 0.260. The first-order valence-electron chi connectivity index (χ1n) is 14.5. The fraction of sp³-hybridized carbons (Fsp3) is 0.724. The highest BCUT2D eigenvalue weighted by Gasteiger charge is 2.66. The third-order valence-corrected chi connectivity index (χ3v) is 18.9. The van der Waals surface area contributed by atoms with Crippen LogP contribution in [0, 0.1) is 23.2 Å². The topological polar surface area (TPSA) is 130 Å². The minimum absolute atomic E-state index is 0.0315. The predicted molar refractivity (Wildman–Crippen MR) is 156 cm³/mol. The molecule has 3 N–H and O–H groups in total. The molecule has 1 aromatic rings. The summed E-state index contributed by atoms with van der Waals surface area (Å²) in [6.07, 6.45) is -1.86. The Morgan fingerprint density at radius 2 is 1.60 bits per heavy atom. The zero-order valence-electron chi connectivity index (χ0n) is 25.2. The number of hydroxylamine groups is 1. The minimum atomic E-state index is -3.07. The summed E-state index contributed by atoms with van der Waals surface area (Å²) in [5, 5.41) is 32.5. The maximum Gasteiger partial charge on any atom is 0.335 e. The van der Waals surface area contributed by atoms with Crippen molar-refractivity contribution in [1.29, 1.82) is 5.26 Å². The van der Waals surface area contributed by atoms with Crippen LogP contribution < -0.4 is 5.48 Å². The number of hydrogen-bond donors (Lipinski definition) is 3. The third-order valence-electron chi connectivity index (χ3n) is 8.64. The van der Waals surface area contributed by atoms with E-state index in [9.17, 15) is 20.3 Å². The van der Waals surface area contributed by atoms with Gasteiger partial charge in [0.1, 0.15) is 11.7 Å². The van der Waals surface area contributed by atoms with Crippen LogP contribution in [-0.2, 0) is 29.2 Å². The van der Waals surface area contributed by atoms with Gasteiger partial charge in [-0.25, -0.2) is 5.48 Å². The first-order valence-corrected chi connectivity index (χ1v) is 18.4. The molecule has 0 bridgehead atoms. The first kappa shape index (κ1) is 32.9. The fourth-order valence-corrected chi connectivity index (χ4v) is 17.8. The molecular formula is C29H48N2O7Si2. The molecule has 0 aromatic heterocycles. The molecule has 5 atom stereocenters. The van der Waals surface area contributed by atoms with Gasteiger partial charge in [0.15, 0.2) is 0 Å². The van der Waals surface area contributed by atoms with Gasteiger partial charge in [-0.2, -0.15) is 5.26 Å². The Morgan fingerprint density at radius 1 is 1.05 bits per heavy atom. The highest BCUT2D eigenvalue weighted by atomic mass is 28.5. The molecule has 2 aliphatic rings. The van der Waals surface area contributed by atoms with Crippen LogP contribution in [0.15, 0.2) is 30.3 Å². The molecule has 3 rings (SSSR count). The number of rotatable bonds is 10. The van der Waals surface area contributed by atoms with Crippen molar-refractivity contribution >= 4 is 23.0 Å². The van der Waals surface area contributed by atoms with E-state index < -0.39 is 53.4 Å². The predicted octanol–water partition coefficient (Wildman–Crippen LogP) is 4.83. The van der Waals surface area contributed by atoms with Crippen molar-refractivity contribution in [2.24, 2.45) is 11.8 Å². The van der Waals surface area contributed by atoms with E-state index in [1.54, 1.807) is 0 Å². The number of fused-ring (bicyclic) bond motifs is 1. The van der Waals surface area contributed by atoms with E-state index in [-0.39, 0.29) is 47.5 Å². The fourth-order valence-electron chi connectivity index (χ4n) is 6.38. The molecular weight excluding hydrogens is 544 g/mol. The molecule has 9 nitrogen and oxygen atoms in total. The number of nitriles is 1. The van der Waals surface area contributed by atoms with E-state index in [0.717, 1.165) is 5.56 Å². The van der Waals surface area contributed by atoms with Gasteiger partial charge in [0.05, 0.1) is 31.3 Å². The molecule has 1 aromatic carbocycles. The lowest BCUT2D eigenvalue weighted by atomic mass is 9.67. The molecule has 224 valence electrons. The number of nitrogens with zero attached hydrogens (tertiary/aromatic N) is 1. The number of amides is 1. The Bertz CT molecular complexity index is 1020. The molecule has 1 aliphatic heterocycles. The summed E-state index contributed by atoms with van der Waals surface area (Å²) in [6.45, 7) is 16.3. The van der Waals surface area contributed by atoms with Crippen molar-refractivity contribution in [2.75, 3.05) is 6.61 Å². The van der Waals surface area contributed by atoms with Crippen LogP contribution in [0.3, 0.4) is 0 Å². The molecule has 1 aliphatic carbocycles. The zero-order valence-corrected chi connectivity index (χ0v) is 27.2. The minimum Gasteiger partial charge on any atom is -0.414 e. The van der Waals surface area contributed by atoms with Crippen LogP contribution in [0.2, 0.25) is 22.2 Å². The summed E-state index contributed by atoms with van der Waals surface area (Å²) in [5.74, 6) is -1.74. The van der Waals surface area contributed by atoms with Gasteiger partial charge in [-0.3, -0.25) is 9.63 Å². The average Bonchev–Trinajstić information content (AvgIpc) is 3.09. The Kier molecular flexibility index (Phi) is 10.8. The van der Waals surface area contributed by atoms with Crippen LogP contribution >= 0.6 is 0 Å². The second kappa shape index (κ2) is 13.1. The lowest BCUT2D eigenvalue weighted by Crippen LogP contribution is -2.65.